The van der Waals surface area contributed by atoms with E-state index in [1.807, 2.05) is 12.1 Å². The number of rotatable bonds is 4. The van der Waals surface area contributed by atoms with Crippen LogP contribution in [0.3, 0.4) is 0 Å². The van der Waals surface area contributed by atoms with Crippen molar-refractivity contribution in [3.63, 3.8) is 0 Å². The lowest BCUT2D eigenvalue weighted by Gasteiger charge is -2.19. The first-order valence-corrected chi connectivity index (χ1v) is 12.5. The van der Waals surface area contributed by atoms with E-state index in [0.29, 0.717) is 6.67 Å². The number of hydrogen-bond acceptors (Lipinski definition) is 2. The summed E-state index contributed by atoms with van der Waals surface area (Å²) < 4.78 is 8.61. The third kappa shape index (κ3) is 3.31. The van der Waals surface area contributed by atoms with Gasteiger partial charge in [-0.15, -0.1) is 0 Å². The molecule has 2 aliphatic rings. The van der Waals surface area contributed by atoms with Crippen molar-refractivity contribution in [3.8, 4) is 5.75 Å². The molecule has 0 saturated carbocycles. The average Bonchev–Trinajstić information content (AvgIpc) is 3.47. The van der Waals surface area contributed by atoms with E-state index >= 15 is 0 Å². The molecule has 0 saturated heterocycles. The number of hydrogen-bond donors (Lipinski definition) is 0. The molecule has 1 unspecified atom stereocenters. The standard InChI is InChI=1S/C33H26N2O/c1-22(23-10-3-2-4-11-23)34-21-35-29-15-7-5-12-26(29)28-20-24(18-19-30(28)35)25-14-9-17-32-33(25)27-13-6-8-16-31(27)36-32/h2-16,18-20,32H,17,21H2,1H3/b34-22+. The van der Waals surface area contributed by atoms with E-state index in [1.165, 1.54) is 44.1 Å². The zero-order chi connectivity index (χ0) is 24.1. The Labute approximate surface area is 210 Å². The molecule has 0 N–H and O–H groups in total. The summed E-state index contributed by atoms with van der Waals surface area (Å²) >= 11 is 0. The first-order valence-electron chi connectivity index (χ1n) is 12.5. The van der Waals surface area contributed by atoms with Gasteiger partial charge in [0, 0.05) is 34.0 Å². The zero-order valence-corrected chi connectivity index (χ0v) is 20.2. The van der Waals surface area contributed by atoms with Crippen molar-refractivity contribution < 1.29 is 4.74 Å². The molecule has 0 amide bonds. The third-order valence-corrected chi connectivity index (χ3v) is 7.42. The lowest BCUT2D eigenvalue weighted by molar-refractivity contribution is 0.279. The number of benzene rings is 4. The van der Waals surface area contributed by atoms with Crippen LogP contribution < -0.4 is 4.74 Å². The second-order valence-electron chi connectivity index (χ2n) is 9.50. The Morgan fingerprint density at radius 2 is 1.64 bits per heavy atom. The van der Waals surface area contributed by atoms with Crippen molar-refractivity contribution in [1.82, 2.24) is 4.57 Å². The fourth-order valence-corrected chi connectivity index (χ4v) is 5.63. The van der Waals surface area contributed by atoms with Crippen LogP contribution in [-0.2, 0) is 6.67 Å². The molecule has 0 bridgehead atoms. The number of aliphatic imine (C=N–C) groups is 1. The van der Waals surface area contributed by atoms with Crippen molar-refractivity contribution in [2.45, 2.75) is 26.1 Å². The maximum absolute atomic E-state index is 6.29. The largest absolute Gasteiger partial charge is 0.485 e. The van der Waals surface area contributed by atoms with Crippen molar-refractivity contribution >= 4 is 38.7 Å². The predicted molar refractivity (Wildman–Crippen MR) is 150 cm³/mol. The Morgan fingerprint density at radius 1 is 0.861 bits per heavy atom. The van der Waals surface area contributed by atoms with Gasteiger partial charge in [-0.05, 0) is 47.9 Å². The molecule has 174 valence electrons. The molecule has 5 aromatic rings. The van der Waals surface area contributed by atoms with Crippen molar-refractivity contribution in [3.05, 3.63) is 126 Å². The first-order chi connectivity index (χ1) is 17.8. The number of ether oxygens (including phenoxy) is 1. The molecule has 4 aromatic carbocycles. The summed E-state index contributed by atoms with van der Waals surface area (Å²) in [6, 6.07) is 34.3. The minimum Gasteiger partial charge on any atom is -0.485 e. The van der Waals surface area contributed by atoms with E-state index in [1.54, 1.807) is 0 Å². The first kappa shape index (κ1) is 21.0. The molecule has 0 spiro atoms. The molecule has 0 fully saturated rings. The van der Waals surface area contributed by atoms with Gasteiger partial charge in [0.1, 0.15) is 18.5 Å². The van der Waals surface area contributed by atoms with Crippen LogP contribution in [0.5, 0.6) is 5.75 Å². The monoisotopic (exact) mass is 466 g/mol. The highest BCUT2D eigenvalue weighted by atomic mass is 16.5. The summed E-state index contributed by atoms with van der Waals surface area (Å²) in [7, 11) is 0. The van der Waals surface area contributed by atoms with Gasteiger partial charge in [-0.2, -0.15) is 0 Å². The van der Waals surface area contributed by atoms with E-state index in [2.05, 4.69) is 109 Å². The quantitative estimate of drug-likeness (QED) is 0.247. The van der Waals surface area contributed by atoms with Crippen LogP contribution in [0, 0.1) is 0 Å². The molecular weight excluding hydrogens is 440 g/mol. The minimum absolute atomic E-state index is 0.0924. The van der Waals surface area contributed by atoms with Crippen LogP contribution in [-0.4, -0.2) is 16.4 Å². The topological polar surface area (TPSA) is 26.5 Å². The second kappa shape index (κ2) is 8.39. The van der Waals surface area contributed by atoms with Gasteiger partial charge >= 0.3 is 0 Å². The molecule has 7 rings (SSSR count). The van der Waals surface area contributed by atoms with Crippen LogP contribution in [0.15, 0.2) is 114 Å². The van der Waals surface area contributed by atoms with E-state index in [4.69, 9.17) is 9.73 Å². The highest BCUT2D eigenvalue weighted by Gasteiger charge is 2.32. The smallest absolute Gasteiger partial charge is 0.128 e. The molecule has 1 aliphatic heterocycles. The number of fused-ring (bicyclic) bond motifs is 6. The van der Waals surface area contributed by atoms with Gasteiger partial charge in [0.25, 0.3) is 0 Å². The van der Waals surface area contributed by atoms with Crippen LogP contribution in [0.1, 0.15) is 30.0 Å². The summed E-state index contributed by atoms with van der Waals surface area (Å²) in [6.45, 7) is 2.67. The number of allylic oxidation sites excluding steroid dienone is 2. The van der Waals surface area contributed by atoms with Crippen molar-refractivity contribution in [1.29, 1.82) is 0 Å². The second-order valence-corrected chi connectivity index (χ2v) is 9.50. The predicted octanol–water partition coefficient (Wildman–Crippen LogP) is 7.89. The zero-order valence-electron chi connectivity index (χ0n) is 20.2. The Balaban J connectivity index is 1.37. The van der Waals surface area contributed by atoms with Crippen molar-refractivity contribution in [2.75, 3.05) is 0 Å². The molecule has 3 heteroatoms. The summed E-state index contributed by atoms with van der Waals surface area (Å²) in [6.07, 6.45) is 5.51. The van der Waals surface area contributed by atoms with E-state index in [0.717, 1.165) is 23.4 Å². The molecule has 3 nitrogen and oxygen atoms in total. The van der Waals surface area contributed by atoms with E-state index < -0.39 is 0 Å². The SMILES string of the molecule is C/C(=N\Cn1c2ccccc2c2cc(C3=C4c5ccccc5OC4CC=C3)ccc21)c1ccccc1. The number of aromatic nitrogens is 1. The van der Waals surface area contributed by atoms with Gasteiger partial charge in [-0.25, -0.2) is 0 Å². The highest BCUT2D eigenvalue weighted by Crippen LogP contribution is 2.46. The van der Waals surface area contributed by atoms with Gasteiger partial charge < -0.3 is 9.30 Å². The fraction of sp³-hybridized carbons (Fsp3) is 0.121. The molecule has 2 heterocycles. The van der Waals surface area contributed by atoms with Gasteiger partial charge in [0.2, 0.25) is 0 Å². The van der Waals surface area contributed by atoms with Crippen LogP contribution >= 0.6 is 0 Å². The lowest BCUT2D eigenvalue weighted by atomic mass is 9.87. The Kier molecular flexibility index (Phi) is 4.88. The van der Waals surface area contributed by atoms with E-state index in [-0.39, 0.29) is 6.10 Å². The average molecular weight is 467 g/mol. The third-order valence-electron chi connectivity index (χ3n) is 7.42. The normalized spacial score (nSPS) is 16.9. The Bertz CT molecular complexity index is 1720. The van der Waals surface area contributed by atoms with E-state index in [9.17, 15) is 0 Å². The van der Waals surface area contributed by atoms with Gasteiger partial charge in [0.05, 0.1) is 11.0 Å². The van der Waals surface area contributed by atoms with Crippen molar-refractivity contribution in [2.24, 2.45) is 4.99 Å². The molecule has 1 aliphatic carbocycles. The van der Waals surface area contributed by atoms with Gasteiger partial charge in [0.15, 0.2) is 0 Å². The lowest BCUT2D eigenvalue weighted by Crippen LogP contribution is -2.14. The summed E-state index contributed by atoms with van der Waals surface area (Å²) in [5.74, 6) is 0.989. The van der Waals surface area contributed by atoms with Crippen LogP contribution in [0.2, 0.25) is 0 Å². The molecule has 1 aromatic heterocycles. The van der Waals surface area contributed by atoms with Crippen LogP contribution in [0.25, 0.3) is 33.0 Å². The van der Waals surface area contributed by atoms with Crippen LogP contribution in [0.4, 0.5) is 0 Å². The molecule has 0 radical (unpaired) electrons. The molecule has 1 atom stereocenters. The minimum atomic E-state index is 0.0924. The van der Waals surface area contributed by atoms with Gasteiger partial charge in [-0.3, -0.25) is 4.99 Å². The maximum Gasteiger partial charge on any atom is 0.128 e. The Morgan fingerprint density at radius 3 is 2.56 bits per heavy atom. The summed E-state index contributed by atoms with van der Waals surface area (Å²) in [4.78, 5) is 4.96. The Hall–Kier alpha value is -4.37. The molecular formula is C33H26N2O. The summed E-state index contributed by atoms with van der Waals surface area (Å²) in [5.41, 5.74) is 9.62. The highest BCUT2D eigenvalue weighted by molar-refractivity contribution is 6.10. The van der Waals surface area contributed by atoms with Gasteiger partial charge in [-0.1, -0.05) is 84.9 Å². The number of nitrogens with zero attached hydrogens (tertiary/aromatic N) is 2. The molecule has 36 heavy (non-hydrogen) atoms. The maximum atomic E-state index is 6.29. The fourth-order valence-electron chi connectivity index (χ4n) is 5.63. The summed E-state index contributed by atoms with van der Waals surface area (Å²) in [5, 5.41) is 2.51. The number of para-hydroxylation sites is 2.